The summed E-state index contributed by atoms with van der Waals surface area (Å²) >= 11 is 2.25. The number of hydrogen-bond acceptors (Lipinski definition) is 2. The molecule has 2 aromatic carbocycles. The molecule has 0 bridgehead atoms. The van der Waals surface area contributed by atoms with Gasteiger partial charge in [-0.25, -0.2) is 4.79 Å². The standard InChI is InChI=1S/C17H14INO2/c1-11-7-9-12(10-8-11)15-14(18)16(21-17(20)19-15)13-5-3-2-4-6-13/h2-10,15H,1H3,(H,19,20)/t15-/m0/s1. The molecule has 1 amide bonds. The van der Waals surface area contributed by atoms with E-state index in [1.54, 1.807) is 0 Å². The molecule has 0 fully saturated rings. The molecular formula is C17H14INO2. The van der Waals surface area contributed by atoms with Gasteiger partial charge in [-0.3, -0.25) is 0 Å². The van der Waals surface area contributed by atoms with Gasteiger partial charge in [0.15, 0.2) is 5.76 Å². The molecule has 4 heteroatoms. The number of carbonyl (C=O) groups is 1. The van der Waals surface area contributed by atoms with E-state index >= 15 is 0 Å². The van der Waals surface area contributed by atoms with E-state index in [1.807, 2.05) is 61.5 Å². The topological polar surface area (TPSA) is 38.3 Å². The number of rotatable bonds is 2. The zero-order valence-corrected chi connectivity index (χ0v) is 13.6. The predicted octanol–water partition coefficient (Wildman–Crippen LogP) is 4.58. The first-order valence-corrected chi connectivity index (χ1v) is 7.73. The van der Waals surface area contributed by atoms with E-state index in [1.165, 1.54) is 5.56 Å². The first-order chi connectivity index (χ1) is 10.1. The Hall–Kier alpha value is -1.82. The van der Waals surface area contributed by atoms with Gasteiger partial charge in [0.05, 0.1) is 9.62 Å². The van der Waals surface area contributed by atoms with Crippen LogP contribution in [0.25, 0.3) is 5.76 Å². The second-order valence-corrected chi connectivity index (χ2v) is 6.08. The molecule has 0 radical (unpaired) electrons. The number of ether oxygens (including phenoxy) is 1. The van der Waals surface area contributed by atoms with Gasteiger partial charge in [-0.05, 0) is 35.1 Å². The third-order valence-corrected chi connectivity index (χ3v) is 4.49. The first kappa shape index (κ1) is 14.1. The van der Waals surface area contributed by atoms with Crippen LogP contribution in [0.5, 0.6) is 0 Å². The van der Waals surface area contributed by atoms with Crippen molar-refractivity contribution in [1.82, 2.24) is 5.32 Å². The van der Waals surface area contributed by atoms with Gasteiger partial charge < -0.3 is 10.1 Å². The van der Waals surface area contributed by atoms with Crippen LogP contribution >= 0.6 is 22.6 Å². The lowest BCUT2D eigenvalue weighted by Gasteiger charge is -2.26. The second-order valence-electron chi connectivity index (χ2n) is 4.92. The van der Waals surface area contributed by atoms with Crippen molar-refractivity contribution in [3.05, 3.63) is 74.9 Å². The van der Waals surface area contributed by atoms with Crippen LogP contribution in [-0.4, -0.2) is 6.09 Å². The van der Waals surface area contributed by atoms with Crippen LogP contribution in [0.15, 0.2) is 58.2 Å². The minimum atomic E-state index is -0.417. The number of halogens is 1. The lowest BCUT2D eigenvalue weighted by Crippen LogP contribution is -2.33. The third kappa shape index (κ3) is 2.95. The van der Waals surface area contributed by atoms with Crippen molar-refractivity contribution in [1.29, 1.82) is 0 Å². The number of alkyl carbamates (subject to hydrolysis) is 1. The normalized spacial score (nSPS) is 18.2. The first-order valence-electron chi connectivity index (χ1n) is 6.65. The molecule has 106 valence electrons. The van der Waals surface area contributed by atoms with Crippen LogP contribution in [0.4, 0.5) is 4.79 Å². The molecule has 0 aliphatic carbocycles. The summed E-state index contributed by atoms with van der Waals surface area (Å²) in [7, 11) is 0. The van der Waals surface area contributed by atoms with Crippen molar-refractivity contribution in [3.8, 4) is 0 Å². The van der Waals surface area contributed by atoms with E-state index in [9.17, 15) is 4.79 Å². The van der Waals surface area contributed by atoms with Crippen LogP contribution in [0.3, 0.4) is 0 Å². The van der Waals surface area contributed by atoms with Gasteiger partial charge in [-0.2, -0.15) is 0 Å². The molecule has 1 aliphatic heterocycles. The van der Waals surface area contributed by atoms with Crippen molar-refractivity contribution in [2.75, 3.05) is 0 Å². The number of benzene rings is 2. The molecule has 3 nitrogen and oxygen atoms in total. The van der Waals surface area contributed by atoms with Crippen LogP contribution < -0.4 is 5.32 Å². The molecule has 21 heavy (non-hydrogen) atoms. The van der Waals surface area contributed by atoms with E-state index in [-0.39, 0.29) is 6.04 Å². The van der Waals surface area contributed by atoms with Gasteiger partial charge in [-0.1, -0.05) is 60.2 Å². The summed E-state index contributed by atoms with van der Waals surface area (Å²) in [6, 6.07) is 17.7. The summed E-state index contributed by atoms with van der Waals surface area (Å²) in [5.41, 5.74) is 3.16. The van der Waals surface area contributed by atoms with E-state index < -0.39 is 6.09 Å². The molecule has 0 saturated heterocycles. The van der Waals surface area contributed by atoms with E-state index in [2.05, 4.69) is 27.9 Å². The minimum absolute atomic E-state index is 0.164. The number of cyclic esters (lactones) is 1. The summed E-state index contributed by atoms with van der Waals surface area (Å²) in [6.07, 6.45) is -0.417. The SMILES string of the molecule is Cc1ccc([C@@H]2NC(=O)OC(c3ccccc3)=C2I)cc1. The Morgan fingerprint density at radius 1 is 1.05 bits per heavy atom. The van der Waals surface area contributed by atoms with Gasteiger partial charge in [0.25, 0.3) is 0 Å². The van der Waals surface area contributed by atoms with Gasteiger partial charge in [0.2, 0.25) is 0 Å². The molecule has 1 N–H and O–H groups in total. The fraction of sp³-hybridized carbons (Fsp3) is 0.118. The van der Waals surface area contributed by atoms with Crippen molar-refractivity contribution in [2.24, 2.45) is 0 Å². The van der Waals surface area contributed by atoms with Crippen molar-refractivity contribution < 1.29 is 9.53 Å². The Morgan fingerprint density at radius 2 is 1.71 bits per heavy atom. The number of nitrogens with one attached hydrogen (secondary N) is 1. The van der Waals surface area contributed by atoms with Gasteiger partial charge in [0, 0.05) is 5.56 Å². The Balaban J connectivity index is 2.05. The molecule has 0 unspecified atom stereocenters. The Labute approximate surface area is 137 Å². The van der Waals surface area contributed by atoms with Crippen LogP contribution in [0, 0.1) is 6.92 Å². The highest BCUT2D eigenvalue weighted by Crippen LogP contribution is 2.37. The number of amides is 1. The number of carbonyl (C=O) groups excluding carboxylic acids is 1. The highest BCUT2D eigenvalue weighted by molar-refractivity contribution is 14.1. The molecule has 1 aliphatic rings. The molecule has 0 aromatic heterocycles. The fourth-order valence-electron chi connectivity index (χ4n) is 2.26. The maximum Gasteiger partial charge on any atom is 0.413 e. The largest absolute Gasteiger partial charge is 0.413 e. The summed E-state index contributed by atoms with van der Waals surface area (Å²) in [4.78, 5) is 11.9. The highest BCUT2D eigenvalue weighted by atomic mass is 127. The van der Waals surface area contributed by atoms with E-state index in [0.29, 0.717) is 5.76 Å². The summed E-state index contributed by atoms with van der Waals surface area (Å²) in [6.45, 7) is 2.04. The van der Waals surface area contributed by atoms with Gasteiger partial charge in [-0.15, -0.1) is 0 Å². The molecule has 3 rings (SSSR count). The molecule has 1 atom stereocenters. The zero-order chi connectivity index (χ0) is 14.8. The average molecular weight is 391 g/mol. The third-order valence-electron chi connectivity index (χ3n) is 3.37. The van der Waals surface area contributed by atoms with Gasteiger partial charge >= 0.3 is 6.09 Å². The molecule has 1 heterocycles. The molecule has 2 aromatic rings. The van der Waals surface area contributed by atoms with Gasteiger partial charge in [0.1, 0.15) is 0 Å². The minimum Gasteiger partial charge on any atom is -0.409 e. The number of hydrogen-bond donors (Lipinski definition) is 1. The summed E-state index contributed by atoms with van der Waals surface area (Å²) in [5, 5.41) is 2.88. The highest BCUT2D eigenvalue weighted by Gasteiger charge is 2.29. The van der Waals surface area contributed by atoms with Crippen LogP contribution in [0.2, 0.25) is 0 Å². The van der Waals surface area contributed by atoms with E-state index in [4.69, 9.17) is 4.74 Å². The van der Waals surface area contributed by atoms with E-state index in [0.717, 1.165) is 14.7 Å². The fourth-order valence-corrected chi connectivity index (χ4v) is 3.19. The van der Waals surface area contributed by atoms with Crippen LogP contribution in [0.1, 0.15) is 22.7 Å². The second kappa shape index (κ2) is 5.89. The molecule has 0 saturated carbocycles. The molecular weight excluding hydrogens is 377 g/mol. The van der Waals surface area contributed by atoms with Crippen LogP contribution in [-0.2, 0) is 4.74 Å². The molecule has 0 spiro atoms. The lowest BCUT2D eigenvalue weighted by atomic mass is 10.0. The Morgan fingerprint density at radius 3 is 2.38 bits per heavy atom. The Kier molecular flexibility index (Phi) is 3.96. The smallest absolute Gasteiger partial charge is 0.409 e. The summed E-state index contributed by atoms with van der Waals surface area (Å²) < 4.78 is 6.36. The quantitative estimate of drug-likeness (QED) is 0.762. The monoisotopic (exact) mass is 391 g/mol. The maximum absolute atomic E-state index is 11.9. The van der Waals surface area contributed by atoms with Crippen molar-refractivity contribution in [3.63, 3.8) is 0 Å². The number of aryl methyl sites for hydroxylation is 1. The summed E-state index contributed by atoms with van der Waals surface area (Å²) in [5.74, 6) is 0.630. The zero-order valence-electron chi connectivity index (χ0n) is 11.5. The van der Waals surface area contributed by atoms with Crippen molar-refractivity contribution >= 4 is 34.4 Å². The Bertz CT molecular complexity index is 692. The lowest BCUT2D eigenvalue weighted by molar-refractivity contribution is 0.184. The average Bonchev–Trinajstić information content (AvgIpc) is 2.51. The predicted molar refractivity (Wildman–Crippen MR) is 90.9 cm³/mol. The maximum atomic E-state index is 11.9. The van der Waals surface area contributed by atoms with Crippen molar-refractivity contribution in [2.45, 2.75) is 13.0 Å².